The Balaban J connectivity index is 2.64. The molecule has 5 heteroatoms. The summed E-state index contributed by atoms with van der Waals surface area (Å²) in [4.78, 5) is 8.05. The Hall–Kier alpha value is -0.935. The quantitative estimate of drug-likeness (QED) is 0.609. The Bertz CT molecular complexity index is 227. The lowest BCUT2D eigenvalue weighted by molar-refractivity contribution is 0.224. The minimum Gasteiger partial charge on any atom is -0.407 e. The minimum atomic E-state index is -0.385. The summed E-state index contributed by atoms with van der Waals surface area (Å²) in [5, 5.41) is 0. The van der Waals surface area contributed by atoms with E-state index in [4.69, 9.17) is 9.31 Å². The van der Waals surface area contributed by atoms with Crippen LogP contribution in [-0.2, 0) is 9.31 Å². The number of hydrogen-bond acceptors (Lipinski definition) is 4. The zero-order chi connectivity index (χ0) is 9.52. The minimum absolute atomic E-state index is 0.385. The first-order chi connectivity index (χ1) is 6.38. The molecule has 0 aliphatic rings. The summed E-state index contributed by atoms with van der Waals surface area (Å²) in [5.41, 5.74) is 0.714. The van der Waals surface area contributed by atoms with E-state index in [0.29, 0.717) is 18.8 Å². The van der Waals surface area contributed by atoms with Gasteiger partial charge in [0, 0.05) is 31.8 Å². The Kier molecular flexibility index (Phi) is 4.42. The molecule has 0 radical (unpaired) electrons. The Morgan fingerprint density at radius 2 is 1.92 bits per heavy atom. The zero-order valence-corrected chi connectivity index (χ0v) is 7.93. The van der Waals surface area contributed by atoms with E-state index in [9.17, 15) is 0 Å². The average molecular weight is 180 g/mol. The Morgan fingerprint density at radius 3 is 2.38 bits per heavy atom. The molecule has 0 aliphatic carbocycles. The van der Waals surface area contributed by atoms with Crippen LogP contribution in [0.25, 0.3) is 0 Å². The van der Waals surface area contributed by atoms with Crippen molar-refractivity contribution in [2.24, 2.45) is 0 Å². The lowest BCUT2D eigenvalue weighted by Crippen LogP contribution is -2.39. The summed E-state index contributed by atoms with van der Waals surface area (Å²) < 4.78 is 10.7. The second-order valence-corrected chi connectivity index (χ2v) is 2.37. The predicted octanol–water partition coefficient (Wildman–Crippen LogP) is 0.245. The SMILES string of the molecule is CCOB(OCC)c1cnccn1. The molecule has 1 rings (SSSR count). The first-order valence-corrected chi connectivity index (χ1v) is 4.37. The van der Waals surface area contributed by atoms with Crippen molar-refractivity contribution in [2.45, 2.75) is 13.8 Å². The van der Waals surface area contributed by atoms with E-state index in [1.165, 1.54) is 0 Å². The monoisotopic (exact) mass is 180 g/mol. The fourth-order valence-corrected chi connectivity index (χ4v) is 0.954. The van der Waals surface area contributed by atoms with Gasteiger partial charge in [0.25, 0.3) is 0 Å². The van der Waals surface area contributed by atoms with E-state index in [1.54, 1.807) is 18.6 Å². The highest BCUT2D eigenvalue weighted by Gasteiger charge is 2.21. The molecule has 0 unspecified atom stereocenters. The van der Waals surface area contributed by atoms with E-state index in [-0.39, 0.29) is 7.12 Å². The van der Waals surface area contributed by atoms with Gasteiger partial charge in [0.2, 0.25) is 0 Å². The zero-order valence-electron chi connectivity index (χ0n) is 7.93. The predicted molar refractivity (Wildman–Crippen MR) is 50.7 cm³/mol. The molecule has 0 fully saturated rings. The fraction of sp³-hybridized carbons (Fsp3) is 0.500. The smallest absolute Gasteiger partial charge is 0.407 e. The molecule has 1 aromatic heterocycles. The van der Waals surface area contributed by atoms with Gasteiger partial charge >= 0.3 is 7.12 Å². The maximum atomic E-state index is 5.34. The number of rotatable bonds is 5. The molecular formula is C8H13BN2O2. The van der Waals surface area contributed by atoms with Gasteiger partial charge in [-0.1, -0.05) is 0 Å². The Labute approximate surface area is 78.5 Å². The summed E-state index contributed by atoms with van der Waals surface area (Å²) in [6.07, 6.45) is 4.90. The molecule has 1 aromatic rings. The van der Waals surface area contributed by atoms with E-state index < -0.39 is 0 Å². The van der Waals surface area contributed by atoms with Crippen molar-refractivity contribution in [3.63, 3.8) is 0 Å². The van der Waals surface area contributed by atoms with Crippen LogP contribution in [0.5, 0.6) is 0 Å². The molecule has 0 N–H and O–H groups in total. The maximum absolute atomic E-state index is 5.34. The van der Waals surface area contributed by atoms with Crippen LogP contribution >= 0.6 is 0 Å². The van der Waals surface area contributed by atoms with Gasteiger partial charge in [-0.3, -0.25) is 9.97 Å². The highest BCUT2D eigenvalue weighted by Crippen LogP contribution is 1.88. The second-order valence-electron chi connectivity index (χ2n) is 2.37. The van der Waals surface area contributed by atoms with Gasteiger partial charge in [0.1, 0.15) is 0 Å². The summed E-state index contributed by atoms with van der Waals surface area (Å²) in [6.45, 7) is 5.03. The number of aromatic nitrogens is 2. The first-order valence-electron chi connectivity index (χ1n) is 4.37. The van der Waals surface area contributed by atoms with Crippen LogP contribution in [0.2, 0.25) is 0 Å². The molecule has 0 saturated heterocycles. The van der Waals surface area contributed by atoms with Crippen molar-refractivity contribution in [1.82, 2.24) is 9.97 Å². The van der Waals surface area contributed by atoms with Gasteiger partial charge in [-0.2, -0.15) is 0 Å². The van der Waals surface area contributed by atoms with Gasteiger partial charge in [-0.25, -0.2) is 0 Å². The highest BCUT2D eigenvalue weighted by atomic mass is 16.6. The molecule has 0 aromatic carbocycles. The normalized spacial score (nSPS) is 10.0. The van der Waals surface area contributed by atoms with Crippen molar-refractivity contribution >= 4 is 12.7 Å². The molecule has 0 spiro atoms. The topological polar surface area (TPSA) is 44.2 Å². The molecule has 70 valence electrons. The van der Waals surface area contributed by atoms with Crippen LogP contribution in [0.4, 0.5) is 0 Å². The van der Waals surface area contributed by atoms with Crippen LogP contribution < -0.4 is 5.59 Å². The van der Waals surface area contributed by atoms with E-state index in [0.717, 1.165) is 0 Å². The molecule has 0 aliphatic heterocycles. The van der Waals surface area contributed by atoms with Crippen LogP contribution in [0, 0.1) is 0 Å². The number of hydrogen-bond donors (Lipinski definition) is 0. The molecule has 0 saturated carbocycles. The average Bonchev–Trinajstić information content (AvgIpc) is 2.19. The third kappa shape index (κ3) is 3.12. The third-order valence-electron chi connectivity index (χ3n) is 1.46. The molecule has 4 nitrogen and oxygen atoms in total. The maximum Gasteiger partial charge on any atom is 0.515 e. The lowest BCUT2D eigenvalue weighted by atomic mass is 9.85. The molecule has 0 bridgehead atoms. The fourth-order valence-electron chi connectivity index (χ4n) is 0.954. The molecule has 13 heavy (non-hydrogen) atoms. The van der Waals surface area contributed by atoms with Crippen LogP contribution in [0.1, 0.15) is 13.8 Å². The van der Waals surface area contributed by atoms with E-state index >= 15 is 0 Å². The second kappa shape index (κ2) is 5.67. The molecule has 0 atom stereocenters. The van der Waals surface area contributed by atoms with Crippen molar-refractivity contribution in [3.05, 3.63) is 18.6 Å². The van der Waals surface area contributed by atoms with Crippen molar-refractivity contribution in [1.29, 1.82) is 0 Å². The molecule has 0 amide bonds. The standard InChI is InChI=1S/C8H13BN2O2/c1-3-12-9(13-4-2)8-7-10-5-6-11-8/h5-7H,3-4H2,1-2H3. The van der Waals surface area contributed by atoms with Gasteiger partial charge in [0.05, 0.1) is 5.59 Å². The van der Waals surface area contributed by atoms with Crippen LogP contribution in [-0.4, -0.2) is 30.3 Å². The van der Waals surface area contributed by atoms with Gasteiger partial charge in [0.15, 0.2) is 0 Å². The summed E-state index contributed by atoms with van der Waals surface area (Å²) in [6, 6.07) is 0. The first kappa shape index (κ1) is 10.1. The highest BCUT2D eigenvalue weighted by molar-refractivity contribution is 6.60. The molecule has 1 heterocycles. The number of nitrogens with zero attached hydrogens (tertiary/aromatic N) is 2. The van der Waals surface area contributed by atoms with Gasteiger partial charge in [-0.05, 0) is 13.8 Å². The van der Waals surface area contributed by atoms with Crippen molar-refractivity contribution in [2.75, 3.05) is 13.2 Å². The van der Waals surface area contributed by atoms with Gasteiger partial charge < -0.3 is 9.31 Å². The Morgan fingerprint density at radius 1 is 1.23 bits per heavy atom. The van der Waals surface area contributed by atoms with Crippen molar-refractivity contribution in [3.8, 4) is 0 Å². The summed E-state index contributed by atoms with van der Waals surface area (Å²) in [7, 11) is -0.385. The van der Waals surface area contributed by atoms with E-state index in [2.05, 4.69) is 9.97 Å². The van der Waals surface area contributed by atoms with E-state index in [1.807, 2.05) is 13.8 Å². The summed E-state index contributed by atoms with van der Waals surface area (Å²) >= 11 is 0. The lowest BCUT2D eigenvalue weighted by Gasteiger charge is -2.10. The largest absolute Gasteiger partial charge is 0.515 e. The summed E-state index contributed by atoms with van der Waals surface area (Å²) in [5.74, 6) is 0. The molecular weight excluding hydrogens is 167 g/mol. The van der Waals surface area contributed by atoms with Gasteiger partial charge in [-0.15, -0.1) is 0 Å². The van der Waals surface area contributed by atoms with Crippen LogP contribution in [0.15, 0.2) is 18.6 Å². The van der Waals surface area contributed by atoms with Crippen LogP contribution in [0.3, 0.4) is 0 Å². The third-order valence-corrected chi connectivity index (χ3v) is 1.46. The van der Waals surface area contributed by atoms with Crippen molar-refractivity contribution < 1.29 is 9.31 Å².